The first-order valence-corrected chi connectivity index (χ1v) is 7.69. The van der Waals surface area contributed by atoms with E-state index in [2.05, 4.69) is 43.1 Å². The van der Waals surface area contributed by atoms with Crippen LogP contribution in [0.25, 0.3) is 0 Å². The van der Waals surface area contributed by atoms with Gasteiger partial charge < -0.3 is 15.7 Å². The minimum Gasteiger partial charge on any atom is -0.388 e. The summed E-state index contributed by atoms with van der Waals surface area (Å²) in [4.78, 5) is 2.26. The van der Waals surface area contributed by atoms with E-state index in [0.29, 0.717) is 12.6 Å². The van der Waals surface area contributed by atoms with E-state index in [-0.39, 0.29) is 5.41 Å². The van der Waals surface area contributed by atoms with Gasteiger partial charge in [0.25, 0.3) is 0 Å². The van der Waals surface area contributed by atoms with E-state index in [9.17, 15) is 5.11 Å². The van der Waals surface area contributed by atoms with Gasteiger partial charge in [-0.05, 0) is 50.8 Å². The molecule has 3 N–H and O–H groups in total. The van der Waals surface area contributed by atoms with Crippen molar-refractivity contribution in [2.24, 2.45) is 11.1 Å². The van der Waals surface area contributed by atoms with Gasteiger partial charge in [-0.1, -0.05) is 24.3 Å². The maximum atomic E-state index is 11.3. The average Bonchev–Trinajstić information content (AvgIpc) is 2.72. The number of β-amino-alcohol motifs (C(OH)–C–C–N with tert-alkyl or cyclic N) is 1. The number of likely N-dealkylation sites (N-methyl/N-ethyl adjacent to an activating group) is 1. The fourth-order valence-electron chi connectivity index (χ4n) is 4.22. The van der Waals surface area contributed by atoms with Crippen LogP contribution in [0.2, 0.25) is 0 Å². The van der Waals surface area contributed by atoms with Gasteiger partial charge in [0.15, 0.2) is 0 Å². The van der Waals surface area contributed by atoms with Crippen molar-refractivity contribution in [1.82, 2.24) is 4.90 Å². The first-order chi connectivity index (χ1) is 9.50. The molecule has 20 heavy (non-hydrogen) atoms. The zero-order chi connectivity index (χ0) is 14.4. The van der Waals surface area contributed by atoms with E-state index in [4.69, 9.17) is 5.73 Å². The SMILES string of the molecule is CC1CC(O)(C2(CN)CCc3ccccc3C2)CN1C. The first kappa shape index (κ1) is 14.1. The molecule has 3 atom stereocenters. The Morgan fingerprint density at radius 2 is 2.05 bits per heavy atom. The second-order valence-corrected chi connectivity index (χ2v) is 6.93. The zero-order valence-corrected chi connectivity index (χ0v) is 12.6. The molecule has 0 amide bonds. The highest BCUT2D eigenvalue weighted by atomic mass is 16.3. The summed E-state index contributed by atoms with van der Waals surface area (Å²) in [5, 5.41) is 11.3. The molecule has 110 valence electrons. The van der Waals surface area contributed by atoms with Crippen LogP contribution >= 0.6 is 0 Å². The summed E-state index contributed by atoms with van der Waals surface area (Å²) in [5.41, 5.74) is 8.16. The molecule has 3 heteroatoms. The Morgan fingerprint density at radius 1 is 1.35 bits per heavy atom. The summed E-state index contributed by atoms with van der Waals surface area (Å²) in [7, 11) is 2.10. The Morgan fingerprint density at radius 3 is 2.65 bits per heavy atom. The molecule has 0 radical (unpaired) electrons. The number of nitrogens with two attached hydrogens (primary N) is 1. The van der Waals surface area contributed by atoms with Crippen LogP contribution in [0.3, 0.4) is 0 Å². The molecular weight excluding hydrogens is 248 g/mol. The zero-order valence-electron chi connectivity index (χ0n) is 12.6. The molecule has 0 bridgehead atoms. The third-order valence-electron chi connectivity index (χ3n) is 5.79. The summed E-state index contributed by atoms with van der Waals surface area (Å²) >= 11 is 0. The van der Waals surface area contributed by atoms with E-state index in [1.165, 1.54) is 11.1 Å². The Kier molecular flexibility index (Phi) is 3.39. The Balaban J connectivity index is 1.94. The molecule has 2 aliphatic rings. The molecule has 3 nitrogen and oxygen atoms in total. The van der Waals surface area contributed by atoms with Crippen LogP contribution < -0.4 is 5.73 Å². The highest BCUT2D eigenvalue weighted by Gasteiger charge is 2.54. The maximum absolute atomic E-state index is 11.3. The maximum Gasteiger partial charge on any atom is 0.0860 e. The molecule has 1 heterocycles. The lowest BCUT2D eigenvalue weighted by atomic mass is 9.61. The number of fused-ring (bicyclic) bond motifs is 1. The molecule has 1 aliphatic carbocycles. The second-order valence-electron chi connectivity index (χ2n) is 6.93. The largest absolute Gasteiger partial charge is 0.388 e. The van der Waals surface area contributed by atoms with Crippen molar-refractivity contribution in [2.45, 2.75) is 44.2 Å². The topological polar surface area (TPSA) is 49.5 Å². The molecule has 3 rings (SSSR count). The first-order valence-electron chi connectivity index (χ1n) is 7.69. The van der Waals surface area contributed by atoms with Gasteiger partial charge in [0.1, 0.15) is 0 Å². The van der Waals surface area contributed by atoms with Gasteiger partial charge in [0.2, 0.25) is 0 Å². The number of hydrogen-bond donors (Lipinski definition) is 2. The molecule has 1 aromatic carbocycles. The molecule has 1 fully saturated rings. The standard InChI is InChI=1S/C17H26N2O/c1-13-9-17(20,12-19(13)2)16(11-18)8-7-14-5-3-4-6-15(14)10-16/h3-6,13,20H,7-12,18H2,1-2H3. The highest BCUT2D eigenvalue weighted by molar-refractivity contribution is 5.33. The minimum atomic E-state index is -0.649. The third kappa shape index (κ3) is 2.00. The summed E-state index contributed by atoms with van der Waals surface area (Å²) in [5.74, 6) is 0. The van der Waals surface area contributed by atoms with Crippen molar-refractivity contribution in [1.29, 1.82) is 0 Å². The average molecular weight is 274 g/mol. The lowest BCUT2D eigenvalue weighted by Gasteiger charge is -2.48. The van der Waals surface area contributed by atoms with Gasteiger partial charge in [-0.3, -0.25) is 0 Å². The number of aryl methyl sites for hydroxylation is 1. The summed E-state index contributed by atoms with van der Waals surface area (Å²) in [6, 6.07) is 9.04. The van der Waals surface area contributed by atoms with Crippen molar-refractivity contribution >= 4 is 0 Å². The molecule has 0 spiro atoms. The third-order valence-corrected chi connectivity index (χ3v) is 5.79. The Labute approximate surface area is 121 Å². The second kappa shape index (κ2) is 4.83. The van der Waals surface area contributed by atoms with E-state index in [0.717, 1.165) is 32.2 Å². The van der Waals surface area contributed by atoms with Gasteiger partial charge in [-0.25, -0.2) is 0 Å². The van der Waals surface area contributed by atoms with Crippen LogP contribution in [0.5, 0.6) is 0 Å². The van der Waals surface area contributed by atoms with E-state index in [1.54, 1.807) is 0 Å². The lowest BCUT2D eigenvalue weighted by Crippen LogP contribution is -2.56. The predicted octanol–water partition coefficient (Wildman–Crippen LogP) is 1.58. The van der Waals surface area contributed by atoms with Crippen molar-refractivity contribution in [3.63, 3.8) is 0 Å². The van der Waals surface area contributed by atoms with Gasteiger partial charge in [0.05, 0.1) is 5.60 Å². The molecular formula is C17H26N2O. The summed E-state index contributed by atoms with van der Waals surface area (Å²) in [6.07, 6.45) is 3.78. The van der Waals surface area contributed by atoms with Gasteiger partial charge in [0, 0.05) is 24.5 Å². The Bertz CT molecular complexity index is 492. The van der Waals surface area contributed by atoms with Gasteiger partial charge >= 0.3 is 0 Å². The van der Waals surface area contributed by atoms with Gasteiger partial charge in [-0.15, -0.1) is 0 Å². The number of hydrogen-bond acceptors (Lipinski definition) is 3. The molecule has 1 aromatic rings. The Hall–Kier alpha value is -0.900. The number of likely N-dealkylation sites (tertiary alicyclic amines) is 1. The predicted molar refractivity (Wildman–Crippen MR) is 81.6 cm³/mol. The molecule has 1 saturated heterocycles. The van der Waals surface area contributed by atoms with Crippen LogP contribution in [0.1, 0.15) is 30.9 Å². The smallest absolute Gasteiger partial charge is 0.0860 e. The quantitative estimate of drug-likeness (QED) is 0.861. The van der Waals surface area contributed by atoms with Crippen molar-refractivity contribution in [3.05, 3.63) is 35.4 Å². The molecule has 0 aromatic heterocycles. The monoisotopic (exact) mass is 274 g/mol. The van der Waals surface area contributed by atoms with E-state index in [1.807, 2.05) is 0 Å². The lowest BCUT2D eigenvalue weighted by molar-refractivity contribution is -0.0786. The van der Waals surface area contributed by atoms with Crippen molar-refractivity contribution in [3.8, 4) is 0 Å². The fraction of sp³-hybridized carbons (Fsp3) is 0.647. The van der Waals surface area contributed by atoms with Crippen LogP contribution in [0.15, 0.2) is 24.3 Å². The summed E-state index contributed by atoms with van der Waals surface area (Å²) in [6.45, 7) is 3.50. The number of rotatable bonds is 2. The van der Waals surface area contributed by atoms with E-state index < -0.39 is 5.60 Å². The number of aliphatic hydroxyl groups is 1. The molecule has 3 unspecified atom stereocenters. The normalized spacial score (nSPS) is 37.9. The summed E-state index contributed by atoms with van der Waals surface area (Å²) < 4.78 is 0. The number of benzene rings is 1. The molecule has 0 saturated carbocycles. The van der Waals surface area contributed by atoms with Crippen LogP contribution in [0, 0.1) is 5.41 Å². The van der Waals surface area contributed by atoms with Gasteiger partial charge in [-0.2, -0.15) is 0 Å². The highest BCUT2D eigenvalue weighted by Crippen LogP contribution is 2.48. The van der Waals surface area contributed by atoms with Crippen LogP contribution in [-0.4, -0.2) is 41.8 Å². The fourth-order valence-corrected chi connectivity index (χ4v) is 4.22. The molecule has 1 aliphatic heterocycles. The van der Waals surface area contributed by atoms with Crippen LogP contribution in [0.4, 0.5) is 0 Å². The van der Waals surface area contributed by atoms with Crippen molar-refractivity contribution < 1.29 is 5.11 Å². The van der Waals surface area contributed by atoms with Crippen molar-refractivity contribution in [2.75, 3.05) is 20.1 Å². The number of nitrogens with zero attached hydrogens (tertiary/aromatic N) is 1. The minimum absolute atomic E-state index is 0.166. The van der Waals surface area contributed by atoms with Crippen LogP contribution in [-0.2, 0) is 12.8 Å². The van der Waals surface area contributed by atoms with E-state index >= 15 is 0 Å².